The van der Waals surface area contributed by atoms with Gasteiger partial charge in [0.15, 0.2) is 0 Å². The number of amides is 1. The lowest BCUT2D eigenvalue weighted by Gasteiger charge is -2.36. The van der Waals surface area contributed by atoms with Gasteiger partial charge in [0.2, 0.25) is 23.4 Å². The van der Waals surface area contributed by atoms with Gasteiger partial charge in [-0.15, -0.1) is 0 Å². The van der Waals surface area contributed by atoms with Crippen molar-refractivity contribution in [3.8, 4) is 11.6 Å². The van der Waals surface area contributed by atoms with Crippen molar-refractivity contribution in [1.82, 2.24) is 30.3 Å². The lowest BCUT2D eigenvalue weighted by Crippen LogP contribution is -2.46. The third kappa shape index (κ3) is 3.90. The predicted molar refractivity (Wildman–Crippen MR) is 93.7 cm³/mol. The van der Waals surface area contributed by atoms with Crippen LogP contribution in [0, 0.1) is 5.92 Å². The van der Waals surface area contributed by atoms with Crippen LogP contribution in [-0.4, -0.2) is 50.0 Å². The van der Waals surface area contributed by atoms with Crippen LogP contribution in [0.2, 0.25) is 0 Å². The first-order valence-electron chi connectivity index (χ1n) is 9.41. The van der Waals surface area contributed by atoms with E-state index in [1.54, 1.807) is 18.5 Å². The zero-order valence-electron chi connectivity index (χ0n) is 14.8. The first-order valence-corrected chi connectivity index (χ1v) is 9.41. The molecule has 2 aromatic rings. The molecule has 3 heterocycles. The molecule has 0 aromatic carbocycles. The molecule has 1 saturated heterocycles. The maximum atomic E-state index is 12.6. The molecule has 1 amide bonds. The molecule has 1 saturated carbocycles. The molecule has 4 rings (SSSR count). The second kappa shape index (κ2) is 7.90. The second-order valence-electron chi connectivity index (χ2n) is 7.07. The zero-order valence-corrected chi connectivity index (χ0v) is 14.8. The van der Waals surface area contributed by atoms with Gasteiger partial charge in [-0.25, -0.2) is 9.97 Å². The van der Waals surface area contributed by atoms with Gasteiger partial charge in [0.1, 0.15) is 0 Å². The first kappa shape index (κ1) is 17.1. The minimum absolute atomic E-state index is 0.0456. The second-order valence-corrected chi connectivity index (χ2v) is 7.07. The molecule has 2 aromatic heterocycles. The minimum atomic E-state index is 0.0456. The van der Waals surface area contributed by atoms with Gasteiger partial charge >= 0.3 is 0 Å². The van der Waals surface area contributed by atoms with E-state index in [-0.39, 0.29) is 18.4 Å². The van der Waals surface area contributed by atoms with Gasteiger partial charge in [0.05, 0.1) is 12.5 Å². The molecule has 138 valence electrons. The third-order valence-electron chi connectivity index (χ3n) is 5.31. The van der Waals surface area contributed by atoms with Gasteiger partial charge in [-0.1, -0.05) is 18.0 Å². The molecule has 8 nitrogen and oxygen atoms in total. The average molecular weight is 356 g/mol. The van der Waals surface area contributed by atoms with E-state index in [0.717, 1.165) is 25.9 Å². The monoisotopic (exact) mass is 356 g/mol. The molecule has 0 unspecified atom stereocenters. The highest BCUT2D eigenvalue weighted by atomic mass is 16.5. The van der Waals surface area contributed by atoms with Crippen LogP contribution in [0.5, 0.6) is 0 Å². The van der Waals surface area contributed by atoms with E-state index in [0.29, 0.717) is 23.6 Å². The Labute approximate surface area is 152 Å². The van der Waals surface area contributed by atoms with Crippen molar-refractivity contribution in [2.45, 2.75) is 51.1 Å². The van der Waals surface area contributed by atoms with E-state index in [1.165, 1.54) is 25.7 Å². The van der Waals surface area contributed by atoms with Crippen LogP contribution in [0.15, 0.2) is 23.0 Å². The summed E-state index contributed by atoms with van der Waals surface area (Å²) in [6.07, 6.45) is 10.5. The Balaban J connectivity index is 1.30. The molecule has 1 atom stereocenters. The van der Waals surface area contributed by atoms with Crippen molar-refractivity contribution < 1.29 is 9.32 Å². The summed E-state index contributed by atoms with van der Waals surface area (Å²) >= 11 is 0. The number of nitrogens with zero attached hydrogens (tertiary/aromatic N) is 5. The highest BCUT2D eigenvalue weighted by Gasteiger charge is 2.31. The molecule has 0 spiro atoms. The number of piperidine rings is 1. The van der Waals surface area contributed by atoms with Crippen molar-refractivity contribution in [3.05, 3.63) is 24.4 Å². The number of hydrogen-bond acceptors (Lipinski definition) is 7. The highest BCUT2D eigenvalue weighted by molar-refractivity contribution is 5.78. The lowest BCUT2D eigenvalue weighted by molar-refractivity contribution is -0.127. The quantitative estimate of drug-likeness (QED) is 0.872. The Kier molecular flexibility index (Phi) is 5.19. The summed E-state index contributed by atoms with van der Waals surface area (Å²) in [4.78, 5) is 27.5. The largest absolute Gasteiger partial charge is 0.347 e. The van der Waals surface area contributed by atoms with E-state index in [4.69, 9.17) is 4.52 Å². The number of carbonyl (C=O) groups excluding carboxylic acids is 1. The molecule has 2 fully saturated rings. The number of carbonyl (C=O) groups is 1. The molecule has 8 heteroatoms. The molecule has 26 heavy (non-hydrogen) atoms. The van der Waals surface area contributed by atoms with Crippen LogP contribution in [0.25, 0.3) is 11.6 Å². The van der Waals surface area contributed by atoms with Crippen molar-refractivity contribution in [2.24, 2.45) is 5.92 Å². The summed E-state index contributed by atoms with van der Waals surface area (Å²) in [7, 11) is 0. The van der Waals surface area contributed by atoms with Crippen molar-refractivity contribution in [1.29, 1.82) is 0 Å². The summed E-state index contributed by atoms with van der Waals surface area (Å²) in [5.74, 6) is 1.23. The van der Waals surface area contributed by atoms with Gasteiger partial charge < -0.3 is 9.84 Å². The Bertz CT molecular complexity index is 728. The average Bonchev–Trinajstić information content (AvgIpc) is 3.39. The number of likely N-dealkylation sites (tertiary alicyclic amines) is 1. The van der Waals surface area contributed by atoms with Gasteiger partial charge in [0, 0.05) is 25.0 Å². The van der Waals surface area contributed by atoms with Gasteiger partial charge in [-0.05, 0) is 38.3 Å². The van der Waals surface area contributed by atoms with Crippen LogP contribution in [0.4, 0.5) is 0 Å². The number of hydrogen-bond donors (Lipinski definition) is 1. The van der Waals surface area contributed by atoms with Crippen molar-refractivity contribution in [3.63, 3.8) is 0 Å². The van der Waals surface area contributed by atoms with Crippen LogP contribution < -0.4 is 5.32 Å². The van der Waals surface area contributed by atoms with Crippen LogP contribution >= 0.6 is 0 Å². The highest BCUT2D eigenvalue weighted by Crippen LogP contribution is 2.28. The SMILES string of the molecule is O=C(NCc1nc(-c2ncccn2)no1)[C@@H]1CCCN(C2CCCC2)C1. The summed E-state index contributed by atoms with van der Waals surface area (Å²) in [5, 5.41) is 6.81. The maximum Gasteiger partial charge on any atom is 0.246 e. The van der Waals surface area contributed by atoms with Gasteiger partial charge in [-0.2, -0.15) is 4.98 Å². The molecule has 2 aliphatic rings. The molecule has 1 N–H and O–H groups in total. The molecular weight excluding hydrogens is 332 g/mol. The number of nitrogens with one attached hydrogen (secondary N) is 1. The zero-order chi connectivity index (χ0) is 17.8. The lowest BCUT2D eigenvalue weighted by atomic mass is 9.95. The normalized spacial score (nSPS) is 21.8. The van der Waals surface area contributed by atoms with Crippen LogP contribution in [0.3, 0.4) is 0 Å². The maximum absolute atomic E-state index is 12.6. The summed E-state index contributed by atoms with van der Waals surface area (Å²) in [5.41, 5.74) is 0. The predicted octanol–water partition coefficient (Wildman–Crippen LogP) is 1.80. The minimum Gasteiger partial charge on any atom is -0.347 e. The van der Waals surface area contributed by atoms with Gasteiger partial charge in [0.25, 0.3) is 0 Å². The summed E-state index contributed by atoms with van der Waals surface area (Å²) < 4.78 is 5.19. The van der Waals surface area contributed by atoms with E-state index in [1.807, 2.05) is 0 Å². The number of rotatable bonds is 5. The third-order valence-corrected chi connectivity index (χ3v) is 5.31. The smallest absolute Gasteiger partial charge is 0.246 e. The Hall–Kier alpha value is -2.35. The van der Waals surface area contributed by atoms with Crippen molar-refractivity contribution in [2.75, 3.05) is 13.1 Å². The fourth-order valence-electron chi connectivity index (χ4n) is 3.96. The molecule has 0 bridgehead atoms. The standard InChI is InChI=1S/C18H24N6O2/c25-18(13-5-3-10-24(12-13)14-6-1-2-7-14)21-11-15-22-17(23-26-15)16-19-8-4-9-20-16/h4,8-9,13-14H,1-3,5-7,10-12H2,(H,21,25)/t13-/m1/s1. The molecule has 1 aliphatic heterocycles. The van der Waals surface area contributed by atoms with E-state index >= 15 is 0 Å². The molecule has 0 radical (unpaired) electrons. The van der Waals surface area contributed by atoms with E-state index in [9.17, 15) is 4.79 Å². The van der Waals surface area contributed by atoms with Gasteiger partial charge in [-0.3, -0.25) is 9.69 Å². The molecular formula is C18H24N6O2. The summed E-state index contributed by atoms with van der Waals surface area (Å²) in [6, 6.07) is 2.40. The Morgan fingerprint density at radius 2 is 1.96 bits per heavy atom. The van der Waals surface area contributed by atoms with E-state index in [2.05, 4.69) is 30.3 Å². The summed E-state index contributed by atoms with van der Waals surface area (Å²) in [6.45, 7) is 2.22. The fraction of sp³-hybridized carbons (Fsp3) is 0.611. The topological polar surface area (TPSA) is 97.0 Å². The van der Waals surface area contributed by atoms with Crippen LogP contribution in [-0.2, 0) is 11.3 Å². The Morgan fingerprint density at radius 3 is 2.77 bits per heavy atom. The van der Waals surface area contributed by atoms with Crippen molar-refractivity contribution >= 4 is 5.91 Å². The Morgan fingerprint density at radius 1 is 1.15 bits per heavy atom. The molecule has 1 aliphatic carbocycles. The number of aromatic nitrogens is 4. The van der Waals surface area contributed by atoms with Crippen LogP contribution in [0.1, 0.15) is 44.4 Å². The first-order chi connectivity index (χ1) is 12.8. The van der Waals surface area contributed by atoms with E-state index < -0.39 is 0 Å². The fourth-order valence-corrected chi connectivity index (χ4v) is 3.96.